The van der Waals surface area contributed by atoms with Gasteiger partial charge < -0.3 is 19.7 Å². The van der Waals surface area contributed by atoms with Gasteiger partial charge in [-0.25, -0.2) is 24.1 Å². The number of amides is 8. The zero-order valence-corrected chi connectivity index (χ0v) is 21.9. The zero-order valence-electron chi connectivity index (χ0n) is 21.9. The van der Waals surface area contributed by atoms with E-state index in [1.165, 1.54) is 0 Å². The number of carboxylic acid groups (broad SMARTS) is 2. The van der Waals surface area contributed by atoms with Crippen molar-refractivity contribution in [3.63, 3.8) is 0 Å². The number of imide groups is 4. The zero-order chi connectivity index (χ0) is 31.1. The van der Waals surface area contributed by atoms with Gasteiger partial charge in [0.2, 0.25) is 38.5 Å². The minimum Gasteiger partial charge on any atom is -0.480 e. The van der Waals surface area contributed by atoms with Crippen molar-refractivity contribution in [2.75, 3.05) is 27.3 Å². The van der Waals surface area contributed by atoms with Gasteiger partial charge in [-0.3, -0.25) is 43.5 Å². The van der Waals surface area contributed by atoms with Gasteiger partial charge in [-0.2, -0.15) is 0 Å². The van der Waals surface area contributed by atoms with Crippen molar-refractivity contribution < 1.29 is 67.6 Å². The van der Waals surface area contributed by atoms with Crippen LogP contribution in [0.3, 0.4) is 0 Å². The summed E-state index contributed by atoms with van der Waals surface area (Å²) in [6, 6.07) is -2.60. The minimum absolute atomic E-state index is 0.00523. The molecule has 0 aliphatic rings. The Kier molecular flexibility index (Phi) is 20.6. The van der Waals surface area contributed by atoms with Gasteiger partial charge in [-0.05, 0) is 38.5 Å². The Balaban J connectivity index is 0. The summed E-state index contributed by atoms with van der Waals surface area (Å²) in [5.41, 5.74) is 0. The standard InChI is InChI=1S/2C11H16N2O7/c1-20-11(19)12(6-14)5-3-2-4-9(10(17)18)13(7-15)8-16;1-20-11(19)13(8-16)9(10(17)18)4-2-3-5-12(6-14)7-15/h2*6-9H,2-5H2,1H3,(H,17,18). The van der Waals surface area contributed by atoms with Gasteiger partial charge in [0.25, 0.3) is 0 Å². The van der Waals surface area contributed by atoms with Crippen molar-refractivity contribution in [2.45, 2.75) is 50.6 Å². The third-order valence-electron chi connectivity index (χ3n) is 5.09. The van der Waals surface area contributed by atoms with Crippen molar-refractivity contribution in [3.05, 3.63) is 0 Å². The number of hydrogen-bond acceptors (Lipinski definition) is 12. The van der Waals surface area contributed by atoms with Crippen LogP contribution in [0.2, 0.25) is 0 Å². The Labute approximate surface area is 228 Å². The van der Waals surface area contributed by atoms with Crippen molar-refractivity contribution >= 4 is 62.6 Å². The number of hydrogen-bond donors (Lipinski definition) is 2. The second kappa shape index (κ2) is 22.1. The van der Waals surface area contributed by atoms with Crippen LogP contribution in [0, 0.1) is 0 Å². The number of ether oxygens (including phenoxy) is 2. The van der Waals surface area contributed by atoms with E-state index in [4.69, 9.17) is 10.2 Å². The molecule has 0 saturated carbocycles. The predicted octanol–water partition coefficient (Wildman–Crippen LogP) is -1.10. The monoisotopic (exact) mass is 576 g/mol. The van der Waals surface area contributed by atoms with Gasteiger partial charge >= 0.3 is 24.1 Å². The molecule has 0 rings (SSSR count). The molecule has 8 amide bonds. The molecule has 0 aromatic rings. The first kappa shape index (κ1) is 37.3. The molecular formula is C22H32N4O14. The highest BCUT2D eigenvalue weighted by Gasteiger charge is 2.29. The Hall–Kier alpha value is -4.90. The van der Waals surface area contributed by atoms with E-state index in [1.807, 2.05) is 0 Å². The van der Waals surface area contributed by atoms with Crippen molar-refractivity contribution in [1.82, 2.24) is 19.6 Å². The number of carboxylic acids is 2. The van der Waals surface area contributed by atoms with E-state index in [-0.39, 0.29) is 45.2 Å². The highest BCUT2D eigenvalue weighted by Crippen LogP contribution is 2.10. The molecule has 0 aliphatic carbocycles. The number of carbonyl (C=O) groups is 10. The second-order valence-corrected chi connectivity index (χ2v) is 7.56. The molecule has 18 heteroatoms. The highest BCUT2D eigenvalue weighted by molar-refractivity contribution is 5.88. The lowest BCUT2D eigenvalue weighted by Gasteiger charge is -2.21. The number of unbranched alkanes of at least 4 members (excludes halogenated alkanes) is 2. The predicted molar refractivity (Wildman–Crippen MR) is 129 cm³/mol. The third kappa shape index (κ3) is 14.1. The van der Waals surface area contributed by atoms with Crippen LogP contribution >= 0.6 is 0 Å². The van der Waals surface area contributed by atoms with Gasteiger partial charge in [-0.1, -0.05) is 0 Å². The van der Waals surface area contributed by atoms with Crippen LogP contribution in [-0.2, 0) is 47.8 Å². The molecular weight excluding hydrogens is 544 g/mol. The fourth-order valence-corrected chi connectivity index (χ4v) is 2.99. The Bertz CT molecular complexity index is 868. The lowest BCUT2D eigenvalue weighted by atomic mass is 10.1. The van der Waals surface area contributed by atoms with Gasteiger partial charge in [0, 0.05) is 13.1 Å². The normalized spacial score (nSPS) is 11.1. The van der Waals surface area contributed by atoms with E-state index in [2.05, 4.69) is 9.47 Å². The molecule has 0 spiro atoms. The minimum atomic E-state index is -1.35. The van der Waals surface area contributed by atoms with Gasteiger partial charge in [0.1, 0.15) is 12.1 Å². The molecule has 224 valence electrons. The average Bonchev–Trinajstić information content (AvgIpc) is 2.95. The van der Waals surface area contributed by atoms with E-state index in [1.54, 1.807) is 0 Å². The molecule has 0 aromatic carbocycles. The molecule has 0 aliphatic heterocycles. The highest BCUT2D eigenvalue weighted by atomic mass is 16.5. The number of aliphatic carboxylic acids is 2. The summed E-state index contributed by atoms with van der Waals surface area (Å²) < 4.78 is 8.66. The Morgan fingerprint density at radius 1 is 0.625 bits per heavy atom. The van der Waals surface area contributed by atoms with E-state index < -0.39 is 36.2 Å². The first-order chi connectivity index (χ1) is 19.0. The smallest absolute Gasteiger partial charge is 0.416 e. The molecule has 0 heterocycles. The van der Waals surface area contributed by atoms with Crippen LogP contribution in [0.15, 0.2) is 0 Å². The van der Waals surface area contributed by atoms with E-state index in [9.17, 15) is 47.9 Å². The van der Waals surface area contributed by atoms with Crippen LogP contribution < -0.4 is 0 Å². The van der Waals surface area contributed by atoms with Crippen LogP contribution in [0.25, 0.3) is 0 Å². The molecule has 0 bridgehead atoms. The summed E-state index contributed by atoms with van der Waals surface area (Å²) in [5.74, 6) is -2.64. The SMILES string of the molecule is COC(=O)N(C=O)C(CCCCN(C=O)C=O)C(=O)O.COC(=O)N(C=O)CCCCC(C(=O)O)N(C=O)C=O. The largest absolute Gasteiger partial charge is 0.480 e. The number of methoxy groups -OCH3 is 2. The van der Waals surface area contributed by atoms with Gasteiger partial charge in [-0.15, -0.1) is 0 Å². The molecule has 18 nitrogen and oxygen atoms in total. The number of rotatable bonds is 20. The van der Waals surface area contributed by atoms with E-state index >= 15 is 0 Å². The molecule has 2 N–H and O–H groups in total. The Morgan fingerprint density at radius 2 is 1.10 bits per heavy atom. The number of nitrogens with zero attached hydrogens (tertiary/aromatic N) is 4. The molecule has 0 fully saturated rings. The van der Waals surface area contributed by atoms with Crippen molar-refractivity contribution in [3.8, 4) is 0 Å². The number of carbonyl (C=O) groups excluding carboxylic acids is 8. The van der Waals surface area contributed by atoms with Gasteiger partial charge in [0.15, 0.2) is 0 Å². The first-order valence-corrected chi connectivity index (χ1v) is 11.4. The quantitative estimate of drug-likeness (QED) is 0.129. The maximum atomic E-state index is 11.2. The lowest BCUT2D eigenvalue weighted by Crippen LogP contribution is -2.44. The molecule has 2 unspecified atom stereocenters. The molecule has 0 radical (unpaired) electrons. The van der Waals surface area contributed by atoms with Crippen molar-refractivity contribution in [2.24, 2.45) is 0 Å². The fourth-order valence-electron chi connectivity index (χ4n) is 2.99. The topological polar surface area (TPSA) is 243 Å². The Morgan fingerprint density at radius 3 is 1.48 bits per heavy atom. The van der Waals surface area contributed by atoms with Crippen LogP contribution in [-0.4, -0.2) is 132 Å². The first-order valence-electron chi connectivity index (χ1n) is 11.4. The molecule has 0 saturated heterocycles. The van der Waals surface area contributed by atoms with Crippen LogP contribution in [0.1, 0.15) is 38.5 Å². The summed E-state index contributed by atoms with van der Waals surface area (Å²) >= 11 is 0. The summed E-state index contributed by atoms with van der Waals surface area (Å²) in [6.07, 6.45) is 0.822. The summed E-state index contributed by atoms with van der Waals surface area (Å²) in [6.45, 7) is 0.198. The lowest BCUT2D eigenvalue weighted by molar-refractivity contribution is -0.150. The average molecular weight is 577 g/mol. The van der Waals surface area contributed by atoms with Gasteiger partial charge in [0.05, 0.1) is 14.2 Å². The summed E-state index contributed by atoms with van der Waals surface area (Å²) in [4.78, 5) is 110. The second-order valence-electron chi connectivity index (χ2n) is 7.56. The van der Waals surface area contributed by atoms with E-state index in [0.717, 1.165) is 24.0 Å². The van der Waals surface area contributed by atoms with Crippen molar-refractivity contribution in [1.29, 1.82) is 0 Å². The van der Waals surface area contributed by atoms with Crippen LogP contribution in [0.4, 0.5) is 9.59 Å². The summed E-state index contributed by atoms with van der Waals surface area (Å²) in [7, 11) is 2.16. The maximum absolute atomic E-state index is 11.2. The van der Waals surface area contributed by atoms with E-state index in [0.29, 0.717) is 54.7 Å². The molecule has 0 aromatic heterocycles. The summed E-state index contributed by atoms with van der Waals surface area (Å²) in [5, 5.41) is 17.9. The molecule has 40 heavy (non-hydrogen) atoms. The fraction of sp³-hybridized carbons (Fsp3) is 0.545. The maximum Gasteiger partial charge on any atom is 0.416 e. The van der Waals surface area contributed by atoms with Crippen LogP contribution in [0.5, 0.6) is 0 Å². The third-order valence-corrected chi connectivity index (χ3v) is 5.09. The molecule has 2 atom stereocenters.